The van der Waals surface area contributed by atoms with Crippen LogP contribution in [0.15, 0.2) is 53.9 Å². The smallest absolute Gasteiger partial charge is 0.247 e. The van der Waals surface area contributed by atoms with E-state index in [1.165, 1.54) is 0 Å². The summed E-state index contributed by atoms with van der Waals surface area (Å²) < 4.78 is 6.18. The van der Waals surface area contributed by atoms with Gasteiger partial charge in [0.05, 0.1) is 0 Å². The average molecular weight is 351 g/mol. The van der Waals surface area contributed by atoms with Gasteiger partial charge in [0.1, 0.15) is 0 Å². The molecule has 1 aliphatic heterocycles. The molecule has 1 N–H and O–H groups in total. The van der Waals surface area contributed by atoms with E-state index in [-0.39, 0.29) is 6.23 Å². The zero-order valence-corrected chi connectivity index (χ0v) is 14.5. The second-order valence-corrected chi connectivity index (χ2v) is 6.63. The fourth-order valence-electron chi connectivity index (χ4n) is 2.59. The minimum atomic E-state index is -0.369. The Balaban J connectivity index is 1.79. The highest BCUT2D eigenvalue weighted by atomic mass is 32.2. The lowest BCUT2D eigenvalue weighted by Crippen LogP contribution is -2.17. The van der Waals surface area contributed by atoms with Crippen LogP contribution in [0.4, 0.5) is 5.69 Å². The lowest BCUT2D eigenvalue weighted by molar-refractivity contribution is 0.225. The predicted molar refractivity (Wildman–Crippen MR) is 97.5 cm³/mol. The van der Waals surface area contributed by atoms with E-state index in [0.717, 1.165) is 29.0 Å². The van der Waals surface area contributed by atoms with Crippen molar-refractivity contribution in [3.05, 3.63) is 54.4 Å². The highest BCUT2D eigenvalue weighted by molar-refractivity contribution is 7.99. The summed E-state index contributed by atoms with van der Waals surface area (Å²) in [5.74, 6) is 1.44. The van der Waals surface area contributed by atoms with Crippen LogP contribution in [0.3, 0.4) is 0 Å². The summed E-state index contributed by atoms with van der Waals surface area (Å²) in [6.07, 6.45) is 4.18. The van der Waals surface area contributed by atoms with Crippen LogP contribution < -0.4 is 10.1 Å². The van der Waals surface area contributed by atoms with Gasteiger partial charge >= 0.3 is 0 Å². The number of anilines is 1. The first kappa shape index (κ1) is 15.8. The monoisotopic (exact) mass is 351 g/mol. The molecule has 0 aliphatic carbocycles. The van der Waals surface area contributed by atoms with Crippen molar-refractivity contribution in [3.63, 3.8) is 0 Å². The van der Waals surface area contributed by atoms with Gasteiger partial charge in [-0.05, 0) is 24.6 Å². The third-order valence-electron chi connectivity index (χ3n) is 3.78. The molecule has 4 rings (SSSR count). The first-order valence-electron chi connectivity index (χ1n) is 8.15. The molecule has 126 valence electrons. The standard InChI is InChI=1S/C18H17N5OS/c1-2-11-25-18-21-17-15(22-23-18)13-5-3-4-6-14(13)20-16(24-17)12-7-9-19-10-8-12/h3-10,16,20H,2,11H2,1H3/t16-/m1/s1. The molecule has 1 aliphatic rings. The molecule has 0 saturated heterocycles. The molecule has 3 aromatic rings. The highest BCUT2D eigenvalue weighted by Crippen LogP contribution is 2.39. The Labute approximate surface area is 150 Å². The molecule has 0 unspecified atom stereocenters. The van der Waals surface area contributed by atoms with Gasteiger partial charge in [-0.1, -0.05) is 36.9 Å². The fourth-order valence-corrected chi connectivity index (χ4v) is 3.22. The maximum atomic E-state index is 6.18. The Morgan fingerprint density at radius 1 is 1.12 bits per heavy atom. The van der Waals surface area contributed by atoms with Gasteiger partial charge in [-0.15, -0.1) is 10.2 Å². The first-order chi connectivity index (χ1) is 12.3. The molecule has 0 amide bonds. The molecule has 3 heterocycles. The molecule has 0 radical (unpaired) electrons. The minimum Gasteiger partial charge on any atom is -0.448 e. The third-order valence-corrected chi connectivity index (χ3v) is 4.82. The molecule has 7 heteroatoms. The number of benzene rings is 1. The predicted octanol–water partition coefficient (Wildman–Crippen LogP) is 3.94. The van der Waals surface area contributed by atoms with Crippen LogP contribution in [-0.4, -0.2) is 25.9 Å². The number of pyridine rings is 1. The van der Waals surface area contributed by atoms with Crippen LogP contribution in [0.2, 0.25) is 0 Å². The van der Waals surface area contributed by atoms with Crippen molar-refractivity contribution in [2.45, 2.75) is 24.7 Å². The van der Waals surface area contributed by atoms with E-state index < -0.39 is 0 Å². The number of thioether (sulfide) groups is 1. The van der Waals surface area contributed by atoms with Crippen LogP contribution in [0.5, 0.6) is 5.88 Å². The molecule has 0 saturated carbocycles. The average Bonchev–Trinajstić information content (AvgIpc) is 2.83. The number of fused-ring (bicyclic) bond motifs is 3. The van der Waals surface area contributed by atoms with Gasteiger partial charge in [0.15, 0.2) is 11.9 Å². The first-order valence-corrected chi connectivity index (χ1v) is 9.13. The molecule has 1 aromatic carbocycles. The van der Waals surface area contributed by atoms with E-state index >= 15 is 0 Å². The van der Waals surface area contributed by atoms with Crippen molar-refractivity contribution >= 4 is 17.4 Å². The van der Waals surface area contributed by atoms with Crippen molar-refractivity contribution in [1.29, 1.82) is 0 Å². The lowest BCUT2D eigenvalue weighted by Gasteiger charge is -2.19. The summed E-state index contributed by atoms with van der Waals surface area (Å²) in [5, 5.41) is 12.7. The number of hydrogen-bond acceptors (Lipinski definition) is 7. The van der Waals surface area contributed by atoms with E-state index in [4.69, 9.17) is 4.74 Å². The number of ether oxygens (including phenoxy) is 1. The third kappa shape index (κ3) is 3.28. The van der Waals surface area contributed by atoms with Crippen molar-refractivity contribution in [2.75, 3.05) is 11.1 Å². The van der Waals surface area contributed by atoms with Gasteiger partial charge in [-0.25, -0.2) is 0 Å². The zero-order valence-electron chi connectivity index (χ0n) is 13.7. The second-order valence-electron chi connectivity index (χ2n) is 5.56. The van der Waals surface area contributed by atoms with Crippen LogP contribution in [0.1, 0.15) is 25.1 Å². The Hall–Kier alpha value is -2.67. The number of aromatic nitrogens is 4. The molecule has 0 bridgehead atoms. The Kier molecular flexibility index (Phi) is 4.47. The minimum absolute atomic E-state index is 0.369. The van der Waals surface area contributed by atoms with Crippen molar-refractivity contribution in [3.8, 4) is 17.1 Å². The largest absolute Gasteiger partial charge is 0.448 e. The molecular formula is C18H17N5OS. The maximum Gasteiger partial charge on any atom is 0.247 e. The Bertz CT molecular complexity index is 874. The van der Waals surface area contributed by atoms with E-state index in [1.54, 1.807) is 24.2 Å². The fraction of sp³-hybridized carbons (Fsp3) is 0.222. The van der Waals surface area contributed by atoms with Gasteiger partial charge < -0.3 is 10.1 Å². The van der Waals surface area contributed by atoms with Crippen LogP contribution in [-0.2, 0) is 0 Å². The summed E-state index contributed by atoms with van der Waals surface area (Å²) in [6.45, 7) is 2.13. The van der Waals surface area contributed by atoms with Crippen LogP contribution >= 0.6 is 11.8 Å². The van der Waals surface area contributed by atoms with Gasteiger partial charge in [0, 0.05) is 35.0 Å². The van der Waals surface area contributed by atoms with Gasteiger partial charge in [-0.2, -0.15) is 4.98 Å². The lowest BCUT2D eigenvalue weighted by atomic mass is 10.1. The number of rotatable bonds is 4. The number of hydrogen-bond donors (Lipinski definition) is 1. The molecule has 0 spiro atoms. The Morgan fingerprint density at radius 2 is 1.96 bits per heavy atom. The number of nitrogens with one attached hydrogen (secondary N) is 1. The molecule has 25 heavy (non-hydrogen) atoms. The zero-order chi connectivity index (χ0) is 17.1. The van der Waals surface area contributed by atoms with Crippen molar-refractivity contribution < 1.29 is 4.74 Å². The van der Waals surface area contributed by atoms with Crippen molar-refractivity contribution in [1.82, 2.24) is 20.2 Å². The number of para-hydroxylation sites is 1. The molecule has 0 fully saturated rings. The quantitative estimate of drug-likeness (QED) is 0.714. The van der Waals surface area contributed by atoms with Crippen LogP contribution in [0.25, 0.3) is 11.3 Å². The van der Waals surface area contributed by atoms with Gasteiger partial charge in [-0.3, -0.25) is 4.98 Å². The molecule has 2 aromatic heterocycles. The van der Waals surface area contributed by atoms with Gasteiger partial charge in [0.25, 0.3) is 0 Å². The Morgan fingerprint density at radius 3 is 2.80 bits per heavy atom. The van der Waals surface area contributed by atoms with Gasteiger partial charge in [0.2, 0.25) is 11.0 Å². The van der Waals surface area contributed by atoms with E-state index in [2.05, 4.69) is 32.4 Å². The van der Waals surface area contributed by atoms with E-state index in [1.807, 2.05) is 36.4 Å². The summed E-state index contributed by atoms with van der Waals surface area (Å²) in [6, 6.07) is 11.8. The maximum absolute atomic E-state index is 6.18. The van der Waals surface area contributed by atoms with Crippen molar-refractivity contribution in [2.24, 2.45) is 0 Å². The summed E-state index contributed by atoms with van der Waals surface area (Å²) in [5.41, 5.74) is 3.49. The summed E-state index contributed by atoms with van der Waals surface area (Å²) >= 11 is 1.58. The number of nitrogens with zero attached hydrogens (tertiary/aromatic N) is 4. The van der Waals surface area contributed by atoms with E-state index in [9.17, 15) is 0 Å². The highest BCUT2D eigenvalue weighted by Gasteiger charge is 2.25. The summed E-state index contributed by atoms with van der Waals surface area (Å²) in [4.78, 5) is 8.67. The van der Waals surface area contributed by atoms with Crippen LogP contribution in [0, 0.1) is 0 Å². The molecule has 1 atom stereocenters. The molecule has 6 nitrogen and oxygen atoms in total. The summed E-state index contributed by atoms with van der Waals surface area (Å²) in [7, 11) is 0. The van der Waals surface area contributed by atoms with E-state index in [0.29, 0.717) is 16.7 Å². The SMILES string of the molecule is CCCSc1nnc2c(n1)O[C@H](c1ccncc1)Nc1ccccc1-2. The normalized spacial score (nSPS) is 15.3. The molecular weight excluding hydrogens is 334 g/mol. The second kappa shape index (κ2) is 7.06. The topological polar surface area (TPSA) is 72.8 Å².